The Morgan fingerprint density at radius 3 is 2.41 bits per heavy atom. The standard InChI is InChI=1S/C22H30N2O4S/c1-5-21(22(25)23-17(2)14-15-18-10-7-6-8-11-18)24(29(4,26)27)19-12-9-13-20(16-19)28-3/h6-13,16-17,21H,5,14-15H2,1-4H3,(H,23,25)/t17-,21-/m1/s1. The highest BCUT2D eigenvalue weighted by Gasteiger charge is 2.32. The van der Waals surface area contributed by atoms with Crippen molar-refractivity contribution >= 4 is 21.6 Å². The Hall–Kier alpha value is -2.54. The van der Waals surface area contributed by atoms with E-state index in [1.54, 1.807) is 31.2 Å². The zero-order valence-electron chi connectivity index (χ0n) is 17.5. The minimum atomic E-state index is -3.67. The lowest BCUT2D eigenvalue weighted by atomic mass is 10.1. The van der Waals surface area contributed by atoms with E-state index in [2.05, 4.69) is 17.4 Å². The number of carbonyl (C=O) groups is 1. The van der Waals surface area contributed by atoms with Crippen LogP contribution in [0.15, 0.2) is 54.6 Å². The number of ether oxygens (including phenoxy) is 1. The Labute approximate surface area is 173 Å². The minimum absolute atomic E-state index is 0.0801. The molecule has 0 heterocycles. The molecule has 7 heteroatoms. The van der Waals surface area contributed by atoms with Crippen molar-refractivity contribution in [3.8, 4) is 5.75 Å². The van der Waals surface area contributed by atoms with E-state index in [1.165, 1.54) is 17.0 Å². The molecule has 0 radical (unpaired) electrons. The molecule has 0 aliphatic heterocycles. The van der Waals surface area contributed by atoms with Gasteiger partial charge in [0.25, 0.3) is 0 Å². The average molecular weight is 419 g/mol. The van der Waals surface area contributed by atoms with Gasteiger partial charge in [-0.05, 0) is 43.9 Å². The third-order valence-electron chi connectivity index (χ3n) is 4.74. The summed E-state index contributed by atoms with van der Waals surface area (Å²) >= 11 is 0. The number of carbonyl (C=O) groups excluding carboxylic acids is 1. The summed E-state index contributed by atoms with van der Waals surface area (Å²) in [6.45, 7) is 3.74. The third-order valence-corrected chi connectivity index (χ3v) is 5.91. The quantitative estimate of drug-likeness (QED) is 0.642. The fraction of sp³-hybridized carbons (Fsp3) is 0.409. The van der Waals surface area contributed by atoms with Gasteiger partial charge in [0, 0.05) is 12.1 Å². The fourth-order valence-corrected chi connectivity index (χ4v) is 4.45. The van der Waals surface area contributed by atoms with Crippen LogP contribution in [0.2, 0.25) is 0 Å². The molecule has 29 heavy (non-hydrogen) atoms. The lowest BCUT2D eigenvalue weighted by Crippen LogP contribution is -2.51. The summed E-state index contributed by atoms with van der Waals surface area (Å²) in [7, 11) is -2.16. The van der Waals surface area contributed by atoms with Gasteiger partial charge >= 0.3 is 0 Å². The van der Waals surface area contributed by atoms with Gasteiger partial charge in [-0.1, -0.05) is 43.3 Å². The van der Waals surface area contributed by atoms with E-state index < -0.39 is 16.1 Å². The Morgan fingerprint density at radius 1 is 1.14 bits per heavy atom. The molecule has 0 bridgehead atoms. The van der Waals surface area contributed by atoms with Crippen LogP contribution in [0.1, 0.15) is 32.3 Å². The number of methoxy groups -OCH3 is 1. The van der Waals surface area contributed by atoms with Crippen LogP contribution in [0, 0.1) is 0 Å². The molecule has 2 atom stereocenters. The normalized spacial score (nSPS) is 13.4. The molecule has 0 aliphatic carbocycles. The maximum absolute atomic E-state index is 13.0. The van der Waals surface area contributed by atoms with Crippen LogP contribution in [0.5, 0.6) is 5.75 Å². The summed E-state index contributed by atoms with van der Waals surface area (Å²) in [6, 6.07) is 15.9. The molecule has 2 rings (SSSR count). The number of hydrogen-bond acceptors (Lipinski definition) is 4. The first-order chi connectivity index (χ1) is 13.8. The van der Waals surface area contributed by atoms with Crippen LogP contribution >= 0.6 is 0 Å². The van der Waals surface area contributed by atoms with Crippen molar-refractivity contribution in [3.63, 3.8) is 0 Å². The Kier molecular flexibility index (Phi) is 8.08. The fourth-order valence-electron chi connectivity index (χ4n) is 3.25. The zero-order valence-corrected chi connectivity index (χ0v) is 18.3. The van der Waals surface area contributed by atoms with Gasteiger partial charge in [-0.3, -0.25) is 9.10 Å². The maximum Gasteiger partial charge on any atom is 0.244 e. The number of hydrogen-bond donors (Lipinski definition) is 1. The van der Waals surface area contributed by atoms with E-state index in [1.807, 2.05) is 25.1 Å². The van der Waals surface area contributed by atoms with Crippen molar-refractivity contribution in [2.24, 2.45) is 0 Å². The number of benzene rings is 2. The summed E-state index contributed by atoms with van der Waals surface area (Å²) in [5.41, 5.74) is 1.61. The number of rotatable bonds is 10. The van der Waals surface area contributed by atoms with Crippen molar-refractivity contribution in [3.05, 3.63) is 60.2 Å². The van der Waals surface area contributed by atoms with E-state index in [-0.39, 0.29) is 11.9 Å². The van der Waals surface area contributed by atoms with Gasteiger partial charge in [0.1, 0.15) is 11.8 Å². The van der Waals surface area contributed by atoms with Gasteiger partial charge < -0.3 is 10.1 Å². The van der Waals surface area contributed by atoms with Crippen LogP contribution in [0.25, 0.3) is 0 Å². The summed E-state index contributed by atoms with van der Waals surface area (Å²) < 4.78 is 31.5. The van der Waals surface area contributed by atoms with E-state index >= 15 is 0 Å². The molecule has 1 N–H and O–H groups in total. The highest BCUT2D eigenvalue weighted by Crippen LogP contribution is 2.26. The van der Waals surface area contributed by atoms with Crippen molar-refractivity contribution in [2.75, 3.05) is 17.7 Å². The van der Waals surface area contributed by atoms with Crippen LogP contribution in [-0.4, -0.2) is 39.8 Å². The van der Waals surface area contributed by atoms with Gasteiger partial charge in [0.2, 0.25) is 15.9 Å². The summed E-state index contributed by atoms with van der Waals surface area (Å²) in [5.74, 6) is 0.226. The maximum atomic E-state index is 13.0. The Morgan fingerprint density at radius 2 is 1.83 bits per heavy atom. The molecule has 0 unspecified atom stereocenters. The SMILES string of the molecule is CC[C@H](C(=O)N[C@H](C)CCc1ccccc1)N(c1cccc(OC)c1)S(C)(=O)=O. The largest absolute Gasteiger partial charge is 0.497 e. The van der Waals surface area contributed by atoms with Crippen LogP contribution in [0.3, 0.4) is 0 Å². The molecule has 1 amide bonds. The molecule has 2 aromatic carbocycles. The Bertz CT molecular complexity index is 900. The molecular formula is C22H30N2O4S. The molecule has 0 aliphatic rings. The molecule has 2 aromatic rings. The first kappa shape index (κ1) is 22.7. The molecule has 6 nitrogen and oxygen atoms in total. The van der Waals surface area contributed by atoms with Gasteiger partial charge in [0.05, 0.1) is 19.1 Å². The number of nitrogens with one attached hydrogen (secondary N) is 1. The monoisotopic (exact) mass is 418 g/mol. The average Bonchev–Trinajstić information content (AvgIpc) is 2.70. The van der Waals surface area contributed by atoms with Crippen molar-refractivity contribution in [1.82, 2.24) is 5.32 Å². The molecule has 158 valence electrons. The van der Waals surface area contributed by atoms with Crippen molar-refractivity contribution in [2.45, 2.75) is 45.2 Å². The first-order valence-electron chi connectivity index (χ1n) is 9.74. The molecule has 0 aromatic heterocycles. The lowest BCUT2D eigenvalue weighted by Gasteiger charge is -2.31. The van der Waals surface area contributed by atoms with Crippen molar-refractivity contribution in [1.29, 1.82) is 0 Å². The van der Waals surface area contributed by atoms with E-state index in [0.29, 0.717) is 17.9 Å². The summed E-state index contributed by atoms with van der Waals surface area (Å²) in [5, 5.41) is 2.98. The molecular weight excluding hydrogens is 388 g/mol. The highest BCUT2D eigenvalue weighted by atomic mass is 32.2. The third kappa shape index (κ3) is 6.49. The van der Waals surface area contributed by atoms with Gasteiger partial charge in [0.15, 0.2) is 0 Å². The first-order valence-corrected chi connectivity index (χ1v) is 11.6. The van der Waals surface area contributed by atoms with E-state index in [4.69, 9.17) is 4.74 Å². The van der Waals surface area contributed by atoms with Crippen LogP contribution in [-0.2, 0) is 21.2 Å². The van der Waals surface area contributed by atoms with Gasteiger partial charge in [-0.2, -0.15) is 0 Å². The Balaban J connectivity index is 2.15. The lowest BCUT2D eigenvalue weighted by molar-refractivity contribution is -0.122. The second kappa shape index (κ2) is 10.3. The zero-order chi connectivity index (χ0) is 21.4. The molecule has 0 fully saturated rings. The molecule has 0 saturated heterocycles. The summed E-state index contributed by atoms with van der Waals surface area (Å²) in [4.78, 5) is 13.0. The van der Waals surface area contributed by atoms with Crippen molar-refractivity contribution < 1.29 is 17.9 Å². The van der Waals surface area contributed by atoms with E-state index in [9.17, 15) is 13.2 Å². The molecule has 0 spiro atoms. The number of anilines is 1. The molecule has 0 saturated carbocycles. The number of nitrogens with zero attached hydrogens (tertiary/aromatic N) is 1. The highest BCUT2D eigenvalue weighted by molar-refractivity contribution is 7.92. The van der Waals surface area contributed by atoms with Gasteiger partial charge in [-0.15, -0.1) is 0 Å². The van der Waals surface area contributed by atoms with Crippen LogP contribution in [0.4, 0.5) is 5.69 Å². The topological polar surface area (TPSA) is 75.7 Å². The number of amides is 1. The minimum Gasteiger partial charge on any atom is -0.497 e. The second-order valence-electron chi connectivity index (χ2n) is 7.12. The number of sulfonamides is 1. The van der Waals surface area contributed by atoms with Crippen LogP contribution < -0.4 is 14.4 Å². The predicted molar refractivity (Wildman–Crippen MR) is 117 cm³/mol. The number of aryl methyl sites for hydroxylation is 1. The second-order valence-corrected chi connectivity index (χ2v) is 8.98. The van der Waals surface area contributed by atoms with E-state index in [0.717, 1.165) is 19.1 Å². The van der Waals surface area contributed by atoms with Gasteiger partial charge in [-0.25, -0.2) is 8.42 Å². The smallest absolute Gasteiger partial charge is 0.244 e. The predicted octanol–water partition coefficient (Wildman–Crippen LogP) is 3.38. The summed E-state index contributed by atoms with van der Waals surface area (Å²) in [6.07, 6.45) is 3.07.